The van der Waals surface area contributed by atoms with Gasteiger partial charge in [-0.1, -0.05) is 0 Å². The van der Waals surface area contributed by atoms with Crippen molar-refractivity contribution in [3.05, 3.63) is 0 Å². The maximum Gasteiger partial charge on any atom is 0.434 e. The summed E-state index contributed by atoms with van der Waals surface area (Å²) in [5.41, 5.74) is -0.534. The molecular weight excluding hydrogens is 250 g/mol. The summed E-state index contributed by atoms with van der Waals surface area (Å²) in [4.78, 5) is 17.7. The Labute approximate surface area is 112 Å². The minimum atomic E-state index is -0.612. The highest BCUT2D eigenvalue weighted by Crippen LogP contribution is 2.46. The third kappa shape index (κ3) is 2.22. The summed E-state index contributed by atoms with van der Waals surface area (Å²) in [6.45, 7) is 9.26. The first-order chi connectivity index (χ1) is 8.66. The molecule has 2 aliphatic heterocycles. The molecule has 0 aromatic carbocycles. The first kappa shape index (κ1) is 13.1. The van der Waals surface area contributed by atoms with Crippen molar-refractivity contribution < 1.29 is 23.8 Å². The Morgan fingerprint density at radius 3 is 2.53 bits per heavy atom. The van der Waals surface area contributed by atoms with Crippen LogP contribution in [0.4, 0.5) is 4.79 Å². The van der Waals surface area contributed by atoms with Gasteiger partial charge in [0, 0.05) is 6.42 Å². The highest BCUT2D eigenvalue weighted by Gasteiger charge is 2.63. The number of hydroxylamine groups is 2. The number of ether oxygens (including phenoxy) is 3. The van der Waals surface area contributed by atoms with Gasteiger partial charge in [0.1, 0.15) is 23.9 Å². The van der Waals surface area contributed by atoms with Gasteiger partial charge >= 0.3 is 6.09 Å². The van der Waals surface area contributed by atoms with Gasteiger partial charge in [-0.3, -0.25) is 4.84 Å². The van der Waals surface area contributed by atoms with Gasteiger partial charge in [0.2, 0.25) is 0 Å². The van der Waals surface area contributed by atoms with Gasteiger partial charge in [-0.05, 0) is 34.6 Å². The van der Waals surface area contributed by atoms with Crippen LogP contribution >= 0.6 is 0 Å². The van der Waals surface area contributed by atoms with Crippen molar-refractivity contribution in [3.8, 4) is 0 Å². The molecular formula is C13H21NO5. The van der Waals surface area contributed by atoms with Crippen LogP contribution in [0.5, 0.6) is 0 Å². The molecule has 1 amide bonds. The van der Waals surface area contributed by atoms with Crippen molar-refractivity contribution in [1.82, 2.24) is 5.06 Å². The first-order valence-corrected chi connectivity index (χ1v) is 6.71. The van der Waals surface area contributed by atoms with Gasteiger partial charge < -0.3 is 14.2 Å². The fourth-order valence-corrected chi connectivity index (χ4v) is 2.95. The molecule has 3 aliphatic rings. The molecule has 2 heterocycles. The predicted molar refractivity (Wildman–Crippen MR) is 65.2 cm³/mol. The summed E-state index contributed by atoms with van der Waals surface area (Å²) >= 11 is 0. The van der Waals surface area contributed by atoms with Crippen LogP contribution in [0.15, 0.2) is 0 Å². The minimum Gasteiger partial charge on any atom is -0.442 e. The summed E-state index contributed by atoms with van der Waals surface area (Å²) in [5, 5.41) is 1.32. The fourth-order valence-electron chi connectivity index (χ4n) is 2.95. The Hall–Kier alpha value is -0.850. The van der Waals surface area contributed by atoms with E-state index < -0.39 is 17.5 Å². The van der Waals surface area contributed by atoms with E-state index in [1.807, 2.05) is 34.6 Å². The average molecular weight is 271 g/mol. The van der Waals surface area contributed by atoms with E-state index >= 15 is 0 Å². The van der Waals surface area contributed by atoms with Crippen LogP contribution in [0.3, 0.4) is 0 Å². The van der Waals surface area contributed by atoms with E-state index in [4.69, 9.17) is 19.0 Å². The van der Waals surface area contributed by atoms with Crippen molar-refractivity contribution in [1.29, 1.82) is 0 Å². The van der Waals surface area contributed by atoms with Crippen LogP contribution in [0.2, 0.25) is 0 Å². The molecule has 1 saturated carbocycles. The van der Waals surface area contributed by atoms with E-state index in [0.717, 1.165) is 6.42 Å². The second-order valence-electron chi connectivity index (χ2n) is 6.82. The second kappa shape index (κ2) is 3.84. The van der Waals surface area contributed by atoms with Crippen molar-refractivity contribution in [2.45, 2.75) is 76.8 Å². The Morgan fingerprint density at radius 1 is 1.26 bits per heavy atom. The van der Waals surface area contributed by atoms with Crippen molar-refractivity contribution in [2.24, 2.45) is 0 Å². The standard InChI is InChI=1S/C13H21NO5/c1-12(2,3)18-11(15)14-7-6-8(19-14)10-9(7)16-13(4,5)17-10/h7-10H,6H2,1-5H3/t7-,8+,9+,10-/m0/s1. The second-order valence-corrected chi connectivity index (χ2v) is 6.82. The lowest BCUT2D eigenvalue weighted by atomic mass is 10.2. The quantitative estimate of drug-likeness (QED) is 0.672. The van der Waals surface area contributed by atoms with Gasteiger partial charge in [-0.15, -0.1) is 0 Å². The minimum absolute atomic E-state index is 0.0845. The summed E-state index contributed by atoms with van der Waals surface area (Å²) in [6.07, 6.45) is -0.0407. The molecule has 3 rings (SSSR count). The zero-order valence-corrected chi connectivity index (χ0v) is 12.0. The Kier molecular flexibility index (Phi) is 2.65. The van der Waals surface area contributed by atoms with E-state index in [1.54, 1.807) is 0 Å². The molecule has 3 fully saturated rings. The highest BCUT2D eigenvalue weighted by molar-refractivity contribution is 5.68. The molecule has 2 saturated heterocycles. The van der Waals surface area contributed by atoms with Crippen molar-refractivity contribution in [2.75, 3.05) is 0 Å². The van der Waals surface area contributed by atoms with Crippen LogP contribution < -0.4 is 0 Å². The summed E-state index contributed by atoms with van der Waals surface area (Å²) in [7, 11) is 0. The molecule has 0 radical (unpaired) electrons. The fraction of sp³-hybridized carbons (Fsp3) is 0.923. The molecule has 0 unspecified atom stereocenters. The van der Waals surface area contributed by atoms with Gasteiger partial charge in [-0.25, -0.2) is 4.79 Å². The monoisotopic (exact) mass is 271 g/mol. The van der Waals surface area contributed by atoms with Crippen LogP contribution in [-0.2, 0) is 19.0 Å². The van der Waals surface area contributed by atoms with E-state index in [0.29, 0.717) is 0 Å². The van der Waals surface area contributed by atoms with E-state index in [1.165, 1.54) is 5.06 Å². The Balaban J connectivity index is 1.71. The molecule has 108 valence electrons. The largest absolute Gasteiger partial charge is 0.442 e. The zero-order chi connectivity index (χ0) is 14.0. The number of fused-ring (bicyclic) bond motifs is 5. The summed E-state index contributed by atoms with van der Waals surface area (Å²) in [5.74, 6) is -0.612. The molecule has 4 atom stereocenters. The molecule has 19 heavy (non-hydrogen) atoms. The number of rotatable bonds is 0. The molecule has 6 nitrogen and oxygen atoms in total. The lowest BCUT2D eigenvalue weighted by molar-refractivity contribution is -0.207. The van der Waals surface area contributed by atoms with Crippen molar-refractivity contribution >= 4 is 6.09 Å². The third-order valence-corrected chi connectivity index (χ3v) is 3.51. The van der Waals surface area contributed by atoms with E-state index in [2.05, 4.69) is 0 Å². The third-order valence-electron chi connectivity index (χ3n) is 3.51. The average Bonchev–Trinajstić information content (AvgIpc) is 2.81. The molecule has 0 N–H and O–H groups in total. The predicted octanol–water partition coefficient (Wildman–Crippen LogP) is 1.83. The topological polar surface area (TPSA) is 57.2 Å². The molecule has 1 aliphatic carbocycles. The molecule has 0 aromatic heterocycles. The maximum absolute atomic E-state index is 12.1. The van der Waals surface area contributed by atoms with Crippen LogP contribution in [0.25, 0.3) is 0 Å². The Bertz CT molecular complexity index is 402. The lowest BCUT2D eigenvalue weighted by Crippen LogP contribution is -2.50. The summed E-state index contributed by atoms with van der Waals surface area (Å²) < 4.78 is 17.0. The number of amides is 1. The van der Waals surface area contributed by atoms with Crippen LogP contribution in [0, 0.1) is 0 Å². The van der Waals surface area contributed by atoms with Gasteiger partial charge in [-0.2, -0.15) is 5.06 Å². The SMILES string of the molecule is CC(C)(C)OC(=O)N1O[C@@H]2C[C@H]1[C@H]1OC(C)(C)O[C@H]12. The van der Waals surface area contributed by atoms with Crippen molar-refractivity contribution in [3.63, 3.8) is 0 Å². The number of nitrogens with zero attached hydrogens (tertiary/aromatic N) is 1. The number of carbonyl (C=O) groups excluding carboxylic acids is 1. The van der Waals surface area contributed by atoms with E-state index in [-0.39, 0.29) is 24.4 Å². The number of hydrogen-bond acceptors (Lipinski definition) is 5. The highest BCUT2D eigenvalue weighted by atomic mass is 16.8. The van der Waals surface area contributed by atoms with Crippen LogP contribution in [0.1, 0.15) is 41.0 Å². The smallest absolute Gasteiger partial charge is 0.434 e. The molecule has 6 heteroatoms. The first-order valence-electron chi connectivity index (χ1n) is 6.71. The lowest BCUT2D eigenvalue weighted by Gasteiger charge is -2.33. The van der Waals surface area contributed by atoms with Gasteiger partial charge in [0.05, 0.1) is 6.04 Å². The van der Waals surface area contributed by atoms with Crippen LogP contribution in [-0.4, -0.2) is 46.9 Å². The Morgan fingerprint density at radius 2 is 1.89 bits per heavy atom. The molecule has 2 bridgehead atoms. The normalized spacial score (nSPS) is 39.5. The number of hydrogen-bond donors (Lipinski definition) is 0. The molecule has 0 spiro atoms. The zero-order valence-electron chi connectivity index (χ0n) is 12.0. The number of carbonyl (C=O) groups is 1. The van der Waals surface area contributed by atoms with E-state index in [9.17, 15) is 4.79 Å². The summed E-state index contributed by atoms with van der Waals surface area (Å²) in [6, 6.07) is -0.119. The van der Waals surface area contributed by atoms with Gasteiger partial charge in [0.25, 0.3) is 0 Å². The maximum atomic E-state index is 12.1. The molecule has 0 aromatic rings. The van der Waals surface area contributed by atoms with Gasteiger partial charge in [0.15, 0.2) is 5.79 Å².